The highest BCUT2D eigenvalue weighted by Gasteiger charge is 2.27. The molecule has 0 aliphatic carbocycles. The van der Waals surface area contributed by atoms with Crippen molar-refractivity contribution in [1.29, 1.82) is 0 Å². The van der Waals surface area contributed by atoms with Gasteiger partial charge in [-0.05, 0) is 30.4 Å². The molecule has 1 fully saturated rings. The fourth-order valence-electron chi connectivity index (χ4n) is 4.71. The third-order valence-electron chi connectivity index (χ3n) is 6.55. The zero-order valence-corrected chi connectivity index (χ0v) is 20.9. The number of sulfonamides is 1. The van der Waals surface area contributed by atoms with Crippen molar-refractivity contribution < 1.29 is 13.2 Å². The first-order chi connectivity index (χ1) is 17.9. The molecule has 6 rings (SSSR count). The number of ether oxygens (including phenoxy) is 1. The zero-order valence-electron chi connectivity index (χ0n) is 20.1. The number of hydrogen-bond acceptors (Lipinski definition) is 9. The predicted molar refractivity (Wildman–Crippen MR) is 138 cm³/mol. The van der Waals surface area contributed by atoms with Gasteiger partial charge in [0.25, 0.3) is 0 Å². The van der Waals surface area contributed by atoms with Crippen LogP contribution in [0.15, 0.2) is 49.1 Å². The number of fused-ring (bicyclic) bond motifs is 2. The largest absolute Gasteiger partial charge is 0.474 e. The summed E-state index contributed by atoms with van der Waals surface area (Å²) in [6.07, 6.45) is 7.14. The Morgan fingerprint density at radius 3 is 2.76 bits per heavy atom. The quantitative estimate of drug-likeness (QED) is 0.343. The molecular formula is C24H25N9O3S. The second-order valence-electron chi connectivity index (χ2n) is 9.07. The number of pyridine rings is 1. The van der Waals surface area contributed by atoms with Crippen molar-refractivity contribution in [2.75, 3.05) is 25.1 Å². The minimum Gasteiger partial charge on any atom is -0.474 e. The normalized spacial score (nSPS) is 15.5. The maximum Gasteiger partial charge on any atom is 0.221 e. The summed E-state index contributed by atoms with van der Waals surface area (Å²) in [5.74, 6) is 0.856. The van der Waals surface area contributed by atoms with Crippen LogP contribution in [-0.2, 0) is 16.6 Å². The highest BCUT2D eigenvalue weighted by atomic mass is 32.2. The lowest BCUT2D eigenvalue weighted by atomic mass is 10.1. The second kappa shape index (κ2) is 9.09. The highest BCUT2D eigenvalue weighted by Crippen LogP contribution is 2.31. The topological polar surface area (TPSA) is 158 Å². The molecular weight excluding hydrogens is 494 g/mol. The van der Waals surface area contributed by atoms with Gasteiger partial charge in [0.2, 0.25) is 15.9 Å². The van der Waals surface area contributed by atoms with Crippen LogP contribution in [-0.4, -0.2) is 73.1 Å². The molecule has 0 spiro atoms. The Kier molecular flexibility index (Phi) is 5.72. The average molecular weight is 520 g/mol. The van der Waals surface area contributed by atoms with Crippen LogP contribution in [0.5, 0.6) is 5.88 Å². The van der Waals surface area contributed by atoms with Crippen LogP contribution >= 0.6 is 0 Å². The molecule has 13 heteroatoms. The molecule has 3 N–H and O–H groups in total. The molecule has 37 heavy (non-hydrogen) atoms. The first-order valence-electron chi connectivity index (χ1n) is 11.8. The Hall–Kier alpha value is -4.10. The Morgan fingerprint density at radius 2 is 2.00 bits per heavy atom. The maximum atomic E-state index is 11.9. The third kappa shape index (κ3) is 4.47. The summed E-state index contributed by atoms with van der Waals surface area (Å²) in [6, 6.07) is 9.90. The number of hydrogen-bond donors (Lipinski definition) is 2. The molecule has 0 bridgehead atoms. The lowest BCUT2D eigenvalue weighted by Gasteiger charge is -2.30. The highest BCUT2D eigenvalue weighted by molar-refractivity contribution is 7.88. The Balaban J connectivity index is 1.35. The van der Waals surface area contributed by atoms with Crippen LogP contribution in [0.2, 0.25) is 0 Å². The zero-order chi connectivity index (χ0) is 25.6. The summed E-state index contributed by atoms with van der Waals surface area (Å²) in [6.45, 7) is 1.19. The minimum absolute atomic E-state index is 0.130. The molecule has 12 nitrogen and oxygen atoms in total. The smallest absolute Gasteiger partial charge is 0.221 e. The van der Waals surface area contributed by atoms with Gasteiger partial charge in [0.15, 0.2) is 5.65 Å². The summed E-state index contributed by atoms with van der Waals surface area (Å²) in [7, 11) is -3.21. The number of nitrogens with two attached hydrogens (primary N) is 1. The van der Waals surface area contributed by atoms with E-state index in [2.05, 4.69) is 20.2 Å². The number of piperidine rings is 1. The van der Waals surface area contributed by atoms with Crippen LogP contribution in [0.3, 0.4) is 0 Å². The molecule has 4 aromatic heterocycles. The molecule has 0 atom stereocenters. The van der Waals surface area contributed by atoms with Crippen LogP contribution in [0.1, 0.15) is 18.5 Å². The van der Waals surface area contributed by atoms with Crippen LogP contribution in [0, 0.1) is 0 Å². The molecule has 1 aromatic carbocycles. The van der Waals surface area contributed by atoms with E-state index < -0.39 is 10.0 Å². The molecule has 1 saturated heterocycles. The number of aromatic nitrogens is 7. The maximum absolute atomic E-state index is 11.9. The van der Waals surface area contributed by atoms with Gasteiger partial charge >= 0.3 is 0 Å². The molecule has 190 valence electrons. The van der Waals surface area contributed by atoms with Crippen LogP contribution in [0.25, 0.3) is 33.1 Å². The van der Waals surface area contributed by atoms with Crippen molar-refractivity contribution in [2.45, 2.75) is 25.5 Å². The predicted octanol–water partition coefficient (Wildman–Crippen LogP) is 2.20. The minimum atomic E-state index is -3.21. The third-order valence-corrected chi connectivity index (χ3v) is 7.85. The van der Waals surface area contributed by atoms with E-state index in [-0.39, 0.29) is 6.10 Å². The van der Waals surface area contributed by atoms with Gasteiger partial charge in [0.1, 0.15) is 23.9 Å². The summed E-state index contributed by atoms with van der Waals surface area (Å²) < 4.78 is 33.4. The number of anilines is 1. The molecule has 0 radical (unpaired) electrons. The van der Waals surface area contributed by atoms with E-state index in [9.17, 15) is 8.42 Å². The van der Waals surface area contributed by atoms with Crippen molar-refractivity contribution in [1.82, 2.24) is 39.2 Å². The van der Waals surface area contributed by atoms with E-state index in [1.54, 1.807) is 17.1 Å². The number of nitrogens with one attached hydrogen (secondary N) is 1. The van der Waals surface area contributed by atoms with E-state index in [1.165, 1.54) is 16.9 Å². The van der Waals surface area contributed by atoms with Crippen molar-refractivity contribution in [3.63, 3.8) is 0 Å². The average Bonchev–Trinajstić information content (AvgIpc) is 3.53. The van der Waals surface area contributed by atoms with E-state index in [0.29, 0.717) is 60.9 Å². The summed E-state index contributed by atoms with van der Waals surface area (Å²) in [5, 5.41) is 14.1. The summed E-state index contributed by atoms with van der Waals surface area (Å²) in [5.41, 5.74) is 8.94. The van der Waals surface area contributed by atoms with Gasteiger partial charge in [-0.3, -0.25) is 5.10 Å². The van der Waals surface area contributed by atoms with Gasteiger partial charge < -0.3 is 10.5 Å². The van der Waals surface area contributed by atoms with Gasteiger partial charge in [-0.25, -0.2) is 32.4 Å². The van der Waals surface area contributed by atoms with Crippen LogP contribution < -0.4 is 10.5 Å². The van der Waals surface area contributed by atoms with E-state index in [0.717, 1.165) is 22.0 Å². The first-order valence-corrected chi connectivity index (χ1v) is 13.7. The Bertz CT molecular complexity index is 1690. The standard InChI is InChI=1S/C24H25N9O3S/c1-37(34,35)32-8-6-18(7-9-32)36-24-19-5-3-2-4-15(19)10-17(30-24)13-33-23-20(22(25)26-14-27-23)21(31-33)16-11-28-29-12-16/h2-5,10-12,14,18H,6-9,13H2,1H3,(H,28,29)(H2,25,26,27). The number of H-pyrrole nitrogens is 1. The molecule has 0 unspecified atom stereocenters. The summed E-state index contributed by atoms with van der Waals surface area (Å²) in [4.78, 5) is 13.4. The van der Waals surface area contributed by atoms with Gasteiger partial charge in [-0.2, -0.15) is 10.2 Å². The molecule has 0 saturated carbocycles. The van der Waals surface area contributed by atoms with Gasteiger partial charge in [0, 0.05) is 30.2 Å². The molecule has 0 amide bonds. The number of aromatic amines is 1. The fourth-order valence-corrected chi connectivity index (χ4v) is 5.58. The molecule has 5 aromatic rings. The van der Waals surface area contributed by atoms with Gasteiger partial charge in [0.05, 0.1) is 30.1 Å². The van der Waals surface area contributed by atoms with Gasteiger partial charge in [-0.1, -0.05) is 18.2 Å². The van der Waals surface area contributed by atoms with Crippen LogP contribution in [0.4, 0.5) is 5.82 Å². The van der Waals surface area contributed by atoms with E-state index in [1.807, 2.05) is 30.3 Å². The number of benzene rings is 1. The monoisotopic (exact) mass is 519 g/mol. The van der Waals surface area contributed by atoms with E-state index in [4.69, 9.17) is 20.6 Å². The Labute approximate surface area is 212 Å². The lowest BCUT2D eigenvalue weighted by Crippen LogP contribution is -2.41. The molecule has 1 aliphatic rings. The summed E-state index contributed by atoms with van der Waals surface area (Å²) >= 11 is 0. The van der Waals surface area contributed by atoms with Crippen molar-refractivity contribution in [2.24, 2.45) is 0 Å². The van der Waals surface area contributed by atoms with E-state index >= 15 is 0 Å². The first kappa shape index (κ1) is 23.3. The van der Waals surface area contributed by atoms with Crippen molar-refractivity contribution in [3.8, 4) is 17.1 Å². The number of nitrogen functional groups attached to an aromatic ring is 1. The second-order valence-corrected chi connectivity index (χ2v) is 11.1. The van der Waals surface area contributed by atoms with Crippen molar-refractivity contribution in [3.05, 3.63) is 54.7 Å². The fraction of sp³-hybridized carbons (Fsp3) is 0.292. The molecule has 5 heterocycles. The lowest BCUT2D eigenvalue weighted by molar-refractivity contribution is 0.132. The Morgan fingerprint density at radius 1 is 1.19 bits per heavy atom. The SMILES string of the molecule is CS(=O)(=O)N1CCC(Oc2nc(Cn3nc(-c4cn[nH]c4)c4c(N)ncnc43)cc3ccccc23)CC1. The molecule has 1 aliphatic heterocycles. The van der Waals surface area contributed by atoms with Crippen molar-refractivity contribution >= 4 is 37.6 Å². The number of nitrogens with zero attached hydrogens (tertiary/aromatic N) is 7. The number of rotatable bonds is 6. The van der Waals surface area contributed by atoms with Gasteiger partial charge in [-0.15, -0.1) is 0 Å².